The molecule has 3 aromatic rings. The smallest absolute Gasteiger partial charge is 0.248 e. The van der Waals surface area contributed by atoms with E-state index in [1.165, 1.54) is 41.5 Å². The van der Waals surface area contributed by atoms with Gasteiger partial charge in [-0.25, -0.2) is 4.98 Å². The minimum atomic E-state index is -0.240. The number of aromatic nitrogens is 4. The quantitative estimate of drug-likeness (QED) is 0.421. The van der Waals surface area contributed by atoms with E-state index < -0.39 is 0 Å². The molecule has 3 aromatic heterocycles. The van der Waals surface area contributed by atoms with E-state index in [2.05, 4.69) is 25.4 Å². The molecule has 0 unspecified atom stereocenters. The van der Waals surface area contributed by atoms with Gasteiger partial charge in [0.15, 0.2) is 10.8 Å². The topological polar surface area (TPSA) is 101 Å². The van der Waals surface area contributed by atoms with E-state index in [0.29, 0.717) is 11.1 Å². The Bertz CT molecular complexity index is 1220. The summed E-state index contributed by atoms with van der Waals surface area (Å²) in [5.41, 5.74) is 7.46. The molecule has 2 saturated carbocycles. The van der Waals surface area contributed by atoms with Crippen molar-refractivity contribution in [3.05, 3.63) is 16.3 Å². The molecule has 3 aliphatic rings. The molecule has 0 saturated heterocycles. The molecule has 3 heterocycles. The van der Waals surface area contributed by atoms with Gasteiger partial charge in [-0.3, -0.25) is 24.8 Å². The van der Waals surface area contributed by atoms with Gasteiger partial charge in [-0.1, -0.05) is 31.0 Å². The number of carbonyl (C=O) groups excluding carboxylic acids is 2. The molecular formula is C23H28N6O2S2. The molecule has 6 rings (SSSR count). The van der Waals surface area contributed by atoms with Crippen LogP contribution in [0.25, 0.3) is 15.9 Å². The second-order valence-electron chi connectivity index (χ2n) is 9.44. The number of thiophene rings is 1. The summed E-state index contributed by atoms with van der Waals surface area (Å²) in [6, 6.07) is 0. The molecule has 0 aliphatic heterocycles. The molecule has 174 valence electrons. The van der Waals surface area contributed by atoms with Crippen molar-refractivity contribution >= 4 is 50.8 Å². The maximum absolute atomic E-state index is 12.4. The summed E-state index contributed by atoms with van der Waals surface area (Å²) in [5.74, 6) is 1.32. The Kier molecular flexibility index (Phi) is 5.73. The van der Waals surface area contributed by atoms with Gasteiger partial charge in [0.2, 0.25) is 11.8 Å². The molecule has 0 bridgehead atoms. The number of nitrogens with one attached hydrogen (secondary N) is 2. The van der Waals surface area contributed by atoms with Crippen LogP contribution in [0.5, 0.6) is 0 Å². The zero-order valence-corrected chi connectivity index (χ0v) is 20.2. The van der Waals surface area contributed by atoms with E-state index in [1.54, 1.807) is 0 Å². The molecule has 0 atom stereocenters. The molecule has 0 radical (unpaired) electrons. The first-order valence-corrected chi connectivity index (χ1v) is 13.9. The van der Waals surface area contributed by atoms with Gasteiger partial charge in [0.05, 0.1) is 11.1 Å². The maximum Gasteiger partial charge on any atom is 0.248 e. The summed E-state index contributed by atoms with van der Waals surface area (Å²) in [5, 5.41) is 10.9. The van der Waals surface area contributed by atoms with Crippen molar-refractivity contribution in [3.8, 4) is 0 Å². The number of nitrogens with zero attached hydrogens (tertiary/aromatic N) is 4. The summed E-state index contributed by atoms with van der Waals surface area (Å²) in [6.45, 7) is 0. The lowest BCUT2D eigenvalue weighted by atomic mass is 9.89. The summed E-state index contributed by atoms with van der Waals surface area (Å²) in [4.78, 5) is 32.3. The van der Waals surface area contributed by atoms with Gasteiger partial charge in [-0.2, -0.15) is 0 Å². The average molecular weight is 485 g/mol. The Hall–Kier alpha value is -2.20. The monoisotopic (exact) mass is 484 g/mol. The molecule has 10 heteroatoms. The lowest BCUT2D eigenvalue weighted by molar-refractivity contribution is -0.131. The van der Waals surface area contributed by atoms with Gasteiger partial charge < -0.3 is 0 Å². The van der Waals surface area contributed by atoms with Crippen LogP contribution in [-0.2, 0) is 22.4 Å². The first-order chi connectivity index (χ1) is 16.2. The van der Waals surface area contributed by atoms with E-state index in [0.717, 1.165) is 73.1 Å². The van der Waals surface area contributed by atoms with Crippen molar-refractivity contribution in [2.75, 3.05) is 5.75 Å². The normalized spacial score (nSPS) is 19.0. The van der Waals surface area contributed by atoms with Crippen molar-refractivity contribution in [2.45, 2.75) is 81.7 Å². The molecular weight excluding hydrogens is 456 g/mol. The highest BCUT2D eigenvalue weighted by Crippen LogP contribution is 2.44. The molecule has 0 spiro atoms. The second kappa shape index (κ2) is 8.87. The Morgan fingerprint density at radius 1 is 1.00 bits per heavy atom. The Labute approximate surface area is 200 Å². The molecule has 33 heavy (non-hydrogen) atoms. The first kappa shape index (κ1) is 21.3. The fourth-order valence-electron chi connectivity index (χ4n) is 5.13. The van der Waals surface area contributed by atoms with Crippen LogP contribution in [0.15, 0.2) is 5.16 Å². The predicted molar refractivity (Wildman–Crippen MR) is 128 cm³/mol. The third-order valence-corrected chi connectivity index (χ3v) is 9.15. The van der Waals surface area contributed by atoms with Crippen molar-refractivity contribution in [3.63, 3.8) is 0 Å². The van der Waals surface area contributed by atoms with E-state index in [4.69, 9.17) is 4.98 Å². The van der Waals surface area contributed by atoms with Gasteiger partial charge in [-0.05, 0) is 56.9 Å². The van der Waals surface area contributed by atoms with E-state index in [9.17, 15) is 9.59 Å². The van der Waals surface area contributed by atoms with Gasteiger partial charge in [0.1, 0.15) is 10.7 Å². The third kappa shape index (κ3) is 4.12. The van der Waals surface area contributed by atoms with E-state index >= 15 is 0 Å². The van der Waals surface area contributed by atoms with Crippen LogP contribution >= 0.6 is 23.1 Å². The van der Waals surface area contributed by atoms with Crippen LogP contribution in [0, 0.1) is 5.92 Å². The highest BCUT2D eigenvalue weighted by molar-refractivity contribution is 7.99. The fourth-order valence-corrected chi connectivity index (χ4v) is 7.13. The van der Waals surface area contributed by atoms with E-state index in [1.807, 2.05) is 11.3 Å². The molecule has 0 aromatic carbocycles. The summed E-state index contributed by atoms with van der Waals surface area (Å²) in [6.07, 6.45) is 12.1. The largest absolute Gasteiger partial charge is 0.273 e. The van der Waals surface area contributed by atoms with Gasteiger partial charge in [0.25, 0.3) is 0 Å². The van der Waals surface area contributed by atoms with Crippen LogP contribution in [0.3, 0.4) is 0 Å². The van der Waals surface area contributed by atoms with Crippen LogP contribution in [0.4, 0.5) is 0 Å². The zero-order chi connectivity index (χ0) is 22.4. The van der Waals surface area contributed by atoms with Crippen molar-refractivity contribution in [1.29, 1.82) is 0 Å². The summed E-state index contributed by atoms with van der Waals surface area (Å²) < 4.78 is 2.08. The Balaban J connectivity index is 1.21. The highest BCUT2D eigenvalue weighted by Gasteiger charge is 2.32. The number of hydrogen-bond acceptors (Lipinski definition) is 7. The Morgan fingerprint density at radius 3 is 2.64 bits per heavy atom. The number of fused-ring (bicyclic) bond motifs is 5. The molecule has 2 amide bonds. The number of hydrogen-bond donors (Lipinski definition) is 2. The number of thioether (sulfide) groups is 1. The SMILES string of the molecule is O=C(CSc1nnc2c3c4c(sc3nc(C3CC3)n12)CCCC4)NNC(=O)C1CCCCC1. The van der Waals surface area contributed by atoms with Crippen molar-refractivity contribution < 1.29 is 9.59 Å². The summed E-state index contributed by atoms with van der Waals surface area (Å²) >= 11 is 3.17. The lowest BCUT2D eigenvalue weighted by Crippen LogP contribution is -2.45. The number of amides is 2. The van der Waals surface area contributed by atoms with Crippen molar-refractivity contribution in [1.82, 2.24) is 30.4 Å². The van der Waals surface area contributed by atoms with Gasteiger partial charge >= 0.3 is 0 Å². The van der Waals surface area contributed by atoms with Gasteiger partial charge in [0, 0.05) is 16.7 Å². The fraction of sp³-hybridized carbons (Fsp3) is 0.609. The van der Waals surface area contributed by atoms with Crippen LogP contribution in [0.1, 0.15) is 80.0 Å². The predicted octanol–water partition coefficient (Wildman–Crippen LogP) is 3.92. The Morgan fingerprint density at radius 2 is 1.82 bits per heavy atom. The number of aryl methyl sites for hydroxylation is 2. The lowest BCUT2D eigenvalue weighted by Gasteiger charge is -2.20. The molecule has 2 fully saturated rings. The zero-order valence-electron chi connectivity index (χ0n) is 18.6. The number of carbonyl (C=O) groups is 2. The highest BCUT2D eigenvalue weighted by atomic mass is 32.2. The van der Waals surface area contributed by atoms with Crippen molar-refractivity contribution in [2.24, 2.45) is 5.92 Å². The maximum atomic E-state index is 12.4. The summed E-state index contributed by atoms with van der Waals surface area (Å²) in [7, 11) is 0. The molecule has 3 aliphatic carbocycles. The van der Waals surface area contributed by atoms with Crippen LogP contribution in [-0.4, -0.2) is 37.1 Å². The second-order valence-corrected chi connectivity index (χ2v) is 11.5. The van der Waals surface area contributed by atoms with Crippen LogP contribution in [0.2, 0.25) is 0 Å². The minimum absolute atomic E-state index is 0.0123. The third-order valence-electron chi connectivity index (χ3n) is 7.03. The average Bonchev–Trinajstić information content (AvgIpc) is 3.50. The number of rotatable bonds is 5. The van der Waals surface area contributed by atoms with E-state index in [-0.39, 0.29) is 23.5 Å². The molecule has 2 N–H and O–H groups in total. The van der Waals surface area contributed by atoms with Crippen LogP contribution < -0.4 is 10.9 Å². The molecule has 8 nitrogen and oxygen atoms in total. The van der Waals surface area contributed by atoms with Gasteiger partial charge in [-0.15, -0.1) is 21.5 Å². The minimum Gasteiger partial charge on any atom is -0.273 e. The first-order valence-electron chi connectivity index (χ1n) is 12.1. The number of hydrazine groups is 1. The standard InChI is InChI=1S/C23H28N6O2S2/c30-17(25-27-21(31)14-6-2-1-3-7-14)12-32-23-28-26-20-18-15-8-4-5-9-16(15)33-22(18)24-19(29(20)23)13-10-11-13/h13-14H,1-12H2,(H,25,30)(H,27,31).